The molecule has 0 bridgehead atoms. The van der Waals surface area contributed by atoms with Crippen molar-refractivity contribution in [2.24, 2.45) is 17.8 Å². The molecule has 0 saturated heterocycles. The van der Waals surface area contributed by atoms with Gasteiger partial charge in [-0.2, -0.15) is 0 Å². The van der Waals surface area contributed by atoms with Gasteiger partial charge in [0.25, 0.3) is 0 Å². The summed E-state index contributed by atoms with van der Waals surface area (Å²) in [4.78, 5) is 73.1. The van der Waals surface area contributed by atoms with Crippen molar-refractivity contribution in [3.8, 4) is 0 Å². The summed E-state index contributed by atoms with van der Waals surface area (Å²) in [6.07, 6.45) is 66.8. The van der Waals surface area contributed by atoms with Crippen molar-refractivity contribution in [1.29, 1.82) is 0 Å². The molecule has 17 nitrogen and oxygen atoms in total. The van der Waals surface area contributed by atoms with Gasteiger partial charge in [0.15, 0.2) is 12.2 Å². The van der Waals surface area contributed by atoms with Crippen molar-refractivity contribution in [3.05, 3.63) is 0 Å². The van der Waals surface area contributed by atoms with Crippen LogP contribution in [-0.4, -0.2) is 96.7 Å². The minimum atomic E-state index is -4.97. The first-order valence-corrected chi connectivity index (χ1v) is 47.4. The van der Waals surface area contributed by atoms with Crippen LogP contribution in [0.25, 0.3) is 0 Å². The van der Waals surface area contributed by atoms with Crippen molar-refractivity contribution >= 4 is 39.5 Å². The van der Waals surface area contributed by atoms with E-state index in [1.165, 1.54) is 263 Å². The van der Waals surface area contributed by atoms with Crippen LogP contribution in [0.15, 0.2) is 0 Å². The van der Waals surface area contributed by atoms with E-state index in [-0.39, 0.29) is 25.7 Å². The molecule has 0 aromatic rings. The van der Waals surface area contributed by atoms with Crippen LogP contribution in [-0.2, 0) is 65.4 Å². The molecule has 0 rings (SSSR count). The molecule has 19 heteroatoms. The van der Waals surface area contributed by atoms with Crippen LogP contribution in [0.4, 0.5) is 0 Å². The van der Waals surface area contributed by atoms with Gasteiger partial charge in [-0.3, -0.25) is 37.3 Å². The summed E-state index contributed by atoms with van der Waals surface area (Å²) in [5.74, 6) is 0.373. The van der Waals surface area contributed by atoms with Crippen LogP contribution in [0.5, 0.6) is 0 Å². The maximum absolute atomic E-state index is 13.1. The summed E-state index contributed by atoms with van der Waals surface area (Å²) in [5, 5.41) is 10.7. The molecule has 0 aromatic carbocycles. The number of carbonyl (C=O) groups excluding carboxylic acids is 4. The molecule has 0 amide bonds. The standard InChI is InChI=1S/C86H168O17P2/c1-8-11-12-13-14-36-46-53-60-67-83(88)96-73-81(103-86(91)70-63-56-49-42-35-37-43-50-57-64-77(4)5)75-100-104(92,93)98-71-80(87)72-99-105(94,95)101-76-82(102-85(90)69-62-55-48-41-34-30-26-22-18-16-20-24-28-32-39-45-52-59-66-79(7)10-3)74-97-84(89)68-61-54-47-40-33-29-25-21-17-15-19-23-27-31-38-44-51-58-65-78(6)9-2/h77-82,87H,8-76H2,1-7H3,(H,92,93)(H,94,95)/t78?,79?,80-,81+,82+/m0/s1. The van der Waals surface area contributed by atoms with Gasteiger partial charge in [-0.1, -0.05) is 402 Å². The molecule has 0 spiro atoms. The molecule has 0 heterocycles. The van der Waals surface area contributed by atoms with Crippen LogP contribution >= 0.6 is 15.6 Å². The summed E-state index contributed by atoms with van der Waals surface area (Å²) in [5.41, 5.74) is 0. The van der Waals surface area contributed by atoms with E-state index in [0.717, 1.165) is 108 Å². The van der Waals surface area contributed by atoms with E-state index < -0.39 is 97.5 Å². The number of phosphoric ester groups is 2. The lowest BCUT2D eigenvalue weighted by Crippen LogP contribution is -2.30. The van der Waals surface area contributed by atoms with Gasteiger partial charge in [-0.15, -0.1) is 0 Å². The minimum absolute atomic E-state index is 0.105. The second kappa shape index (κ2) is 76.1. The van der Waals surface area contributed by atoms with Crippen molar-refractivity contribution < 1.29 is 80.2 Å². The zero-order chi connectivity index (χ0) is 77.2. The third kappa shape index (κ3) is 77.2. The van der Waals surface area contributed by atoms with Crippen molar-refractivity contribution in [3.63, 3.8) is 0 Å². The number of hydrogen-bond acceptors (Lipinski definition) is 15. The summed E-state index contributed by atoms with van der Waals surface area (Å²) in [6.45, 7) is 12.1. The average Bonchev–Trinajstić information content (AvgIpc) is 0.906. The summed E-state index contributed by atoms with van der Waals surface area (Å²) in [6, 6.07) is 0. The van der Waals surface area contributed by atoms with Crippen molar-refractivity contribution in [2.75, 3.05) is 39.6 Å². The average molecular weight is 1540 g/mol. The first kappa shape index (κ1) is 103. The molecule has 105 heavy (non-hydrogen) atoms. The molecule has 0 saturated carbocycles. The van der Waals surface area contributed by atoms with E-state index in [1.807, 2.05) is 0 Å². The highest BCUT2D eigenvalue weighted by atomic mass is 31.2. The fraction of sp³-hybridized carbons (Fsp3) is 0.953. The number of rotatable bonds is 84. The number of ether oxygens (including phenoxy) is 4. The first-order valence-electron chi connectivity index (χ1n) is 44.4. The fourth-order valence-corrected chi connectivity index (χ4v) is 14.9. The normalized spacial score (nSPS) is 14.4. The number of carbonyl (C=O) groups is 4. The van der Waals surface area contributed by atoms with E-state index in [9.17, 15) is 43.2 Å². The molecule has 0 fully saturated rings. The summed E-state index contributed by atoms with van der Waals surface area (Å²) >= 11 is 0. The maximum Gasteiger partial charge on any atom is 0.472 e. The van der Waals surface area contributed by atoms with Gasteiger partial charge in [0.1, 0.15) is 19.3 Å². The van der Waals surface area contributed by atoms with Gasteiger partial charge < -0.3 is 33.8 Å². The largest absolute Gasteiger partial charge is 0.472 e. The Labute approximate surface area is 645 Å². The van der Waals surface area contributed by atoms with E-state index in [2.05, 4.69) is 48.5 Å². The van der Waals surface area contributed by atoms with Crippen molar-refractivity contribution in [2.45, 2.75) is 471 Å². The lowest BCUT2D eigenvalue weighted by Gasteiger charge is -2.21. The number of aliphatic hydroxyl groups is 1. The molecule has 624 valence electrons. The molecule has 0 aliphatic carbocycles. The molecular formula is C86H168O17P2. The van der Waals surface area contributed by atoms with Gasteiger partial charge in [0, 0.05) is 25.7 Å². The Bertz CT molecular complexity index is 2030. The predicted octanol–water partition coefficient (Wildman–Crippen LogP) is 26.1. The van der Waals surface area contributed by atoms with Gasteiger partial charge in [0.2, 0.25) is 0 Å². The molecular weight excluding hydrogens is 1370 g/mol. The Morgan fingerprint density at radius 3 is 0.724 bits per heavy atom. The lowest BCUT2D eigenvalue weighted by molar-refractivity contribution is -0.161. The van der Waals surface area contributed by atoms with Gasteiger partial charge in [-0.05, 0) is 43.4 Å². The van der Waals surface area contributed by atoms with E-state index in [1.54, 1.807) is 0 Å². The highest BCUT2D eigenvalue weighted by Gasteiger charge is 2.30. The Morgan fingerprint density at radius 2 is 0.486 bits per heavy atom. The van der Waals surface area contributed by atoms with Crippen LogP contribution < -0.4 is 0 Å². The zero-order valence-corrected chi connectivity index (χ0v) is 71.0. The first-order chi connectivity index (χ1) is 50.8. The Kier molecular flexibility index (Phi) is 74.7. The van der Waals surface area contributed by atoms with Crippen LogP contribution in [0.2, 0.25) is 0 Å². The molecule has 3 N–H and O–H groups in total. The Hall–Kier alpha value is -1.94. The topological polar surface area (TPSA) is 237 Å². The maximum atomic E-state index is 13.1. The van der Waals surface area contributed by atoms with E-state index >= 15 is 0 Å². The number of aliphatic hydroxyl groups excluding tert-OH is 1. The molecule has 0 aromatic heterocycles. The summed E-state index contributed by atoms with van der Waals surface area (Å²) < 4.78 is 68.8. The number of esters is 4. The third-order valence-electron chi connectivity index (χ3n) is 20.9. The predicted molar refractivity (Wildman–Crippen MR) is 432 cm³/mol. The monoisotopic (exact) mass is 1540 g/mol. The SMILES string of the molecule is CCCCCCCCCCCC(=O)OC[C@H](COP(=O)(O)OC[C@H](O)COP(=O)(O)OC[C@@H](COC(=O)CCCCCCCCCCCCCCCCCCCCC(C)CC)OC(=O)CCCCCCCCCCCCCCCCCCCCC(C)CC)OC(=O)CCCCCCCCCCCC(C)C. The second-order valence-electron chi connectivity index (χ2n) is 31.9. The molecule has 0 aliphatic rings. The number of hydrogen-bond donors (Lipinski definition) is 3. The fourth-order valence-electron chi connectivity index (χ4n) is 13.3. The highest BCUT2D eigenvalue weighted by molar-refractivity contribution is 7.47. The Morgan fingerprint density at radius 1 is 0.276 bits per heavy atom. The molecule has 4 unspecified atom stereocenters. The lowest BCUT2D eigenvalue weighted by atomic mass is 9.99. The van der Waals surface area contributed by atoms with E-state index in [0.29, 0.717) is 25.7 Å². The summed E-state index contributed by atoms with van der Waals surface area (Å²) in [7, 11) is -9.92. The van der Waals surface area contributed by atoms with E-state index in [4.69, 9.17) is 37.0 Å². The second-order valence-corrected chi connectivity index (χ2v) is 34.8. The van der Waals surface area contributed by atoms with Gasteiger partial charge >= 0.3 is 39.5 Å². The molecule has 0 radical (unpaired) electrons. The van der Waals surface area contributed by atoms with Crippen LogP contribution in [0, 0.1) is 17.8 Å². The minimum Gasteiger partial charge on any atom is -0.462 e. The molecule has 0 aliphatic heterocycles. The van der Waals surface area contributed by atoms with Crippen molar-refractivity contribution in [1.82, 2.24) is 0 Å². The number of phosphoric acid groups is 2. The van der Waals surface area contributed by atoms with Crippen LogP contribution in [0.3, 0.4) is 0 Å². The quantitative estimate of drug-likeness (QED) is 0.0222. The third-order valence-corrected chi connectivity index (χ3v) is 22.8. The highest BCUT2D eigenvalue weighted by Crippen LogP contribution is 2.45. The number of unbranched alkanes of at least 4 members (excludes halogenated alkanes) is 50. The van der Waals surface area contributed by atoms with Crippen LogP contribution in [0.1, 0.15) is 453 Å². The molecule has 7 atom stereocenters. The van der Waals surface area contributed by atoms with Gasteiger partial charge in [-0.25, -0.2) is 9.13 Å². The zero-order valence-electron chi connectivity index (χ0n) is 69.2. The Balaban J connectivity index is 5.18. The smallest absolute Gasteiger partial charge is 0.462 e. The van der Waals surface area contributed by atoms with Gasteiger partial charge in [0.05, 0.1) is 26.4 Å².